The minimum absolute atomic E-state index is 0.000713. The van der Waals surface area contributed by atoms with Crippen LogP contribution < -0.4 is 14.8 Å². The van der Waals surface area contributed by atoms with E-state index in [-0.39, 0.29) is 22.6 Å². The monoisotopic (exact) mass is 472 g/mol. The van der Waals surface area contributed by atoms with Gasteiger partial charge >= 0.3 is 0 Å². The van der Waals surface area contributed by atoms with Crippen LogP contribution in [0.1, 0.15) is 28.0 Å². The first-order valence-electron chi connectivity index (χ1n) is 9.79. The van der Waals surface area contributed by atoms with Crippen LogP contribution in [-0.4, -0.2) is 34.7 Å². The van der Waals surface area contributed by atoms with E-state index in [9.17, 15) is 13.6 Å². The van der Waals surface area contributed by atoms with Crippen molar-refractivity contribution in [2.75, 3.05) is 19.5 Å². The predicted molar refractivity (Wildman–Crippen MR) is 121 cm³/mol. The standard InChI is InChI=1S/C23H19ClF2N4O3/c1-12-4-6-13(7-5-12)16-9-18(21(25)26)30-22(28-16)14(11-27-30)23(31)29-17-10-19(32-2)15(24)8-20(17)33-3/h4-11,21H,1-3H3,(H,29,31). The van der Waals surface area contributed by atoms with Crippen LogP contribution in [0, 0.1) is 6.92 Å². The minimum Gasteiger partial charge on any atom is -0.495 e. The summed E-state index contributed by atoms with van der Waals surface area (Å²) in [7, 11) is 2.86. The normalized spacial score (nSPS) is 11.1. The van der Waals surface area contributed by atoms with Gasteiger partial charge in [-0.2, -0.15) is 5.10 Å². The maximum Gasteiger partial charge on any atom is 0.280 e. The van der Waals surface area contributed by atoms with Crippen molar-refractivity contribution in [3.63, 3.8) is 0 Å². The summed E-state index contributed by atoms with van der Waals surface area (Å²) in [5.74, 6) is 0.0149. The summed E-state index contributed by atoms with van der Waals surface area (Å²) in [5, 5.41) is 6.97. The number of nitrogens with zero attached hydrogens (tertiary/aromatic N) is 3. The summed E-state index contributed by atoms with van der Waals surface area (Å²) < 4.78 is 39.0. The number of alkyl halides is 2. The number of carbonyl (C=O) groups is 1. The quantitative estimate of drug-likeness (QED) is 0.397. The van der Waals surface area contributed by atoms with Gasteiger partial charge in [-0.1, -0.05) is 41.4 Å². The van der Waals surface area contributed by atoms with Crippen molar-refractivity contribution in [2.24, 2.45) is 0 Å². The summed E-state index contributed by atoms with van der Waals surface area (Å²) >= 11 is 6.11. The number of hydrogen-bond acceptors (Lipinski definition) is 5. The van der Waals surface area contributed by atoms with Crippen molar-refractivity contribution in [2.45, 2.75) is 13.3 Å². The second-order valence-corrected chi connectivity index (χ2v) is 7.57. The summed E-state index contributed by atoms with van der Waals surface area (Å²) in [5.41, 5.74) is 1.89. The Labute approximate surface area is 192 Å². The van der Waals surface area contributed by atoms with Crippen LogP contribution in [0.15, 0.2) is 48.7 Å². The van der Waals surface area contributed by atoms with Gasteiger partial charge in [0.15, 0.2) is 5.65 Å². The zero-order valence-electron chi connectivity index (χ0n) is 17.9. The topological polar surface area (TPSA) is 77.8 Å². The average Bonchev–Trinajstić information content (AvgIpc) is 3.23. The number of nitrogens with one attached hydrogen (secondary N) is 1. The van der Waals surface area contributed by atoms with Gasteiger partial charge in [-0.15, -0.1) is 0 Å². The van der Waals surface area contributed by atoms with E-state index in [4.69, 9.17) is 21.1 Å². The van der Waals surface area contributed by atoms with Crippen LogP contribution in [0.2, 0.25) is 5.02 Å². The smallest absolute Gasteiger partial charge is 0.280 e. The molecule has 0 aliphatic carbocycles. The van der Waals surface area contributed by atoms with E-state index >= 15 is 0 Å². The Morgan fingerprint density at radius 3 is 2.42 bits per heavy atom. The van der Waals surface area contributed by atoms with E-state index in [0.717, 1.165) is 10.1 Å². The number of aromatic nitrogens is 3. The lowest BCUT2D eigenvalue weighted by Crippen LogP contribution is -2.13. The molecule has 1 N–H and O–H groups in total. The fourth-order valence-electron chi connectivity index (χ4n) is 3.32. The minimum atomic E-state index is -2.82. The van der Waals surface area contributed by atoms with Crippen LogP contribution in [0.5, 0.6) is 11.5 Å². The Morgan fingerprint density at radius 1 is 1.09 bits per heavy atom. The summed E-state index contributed by atoms with van der Waals surface area (Å²) in [6, 6.07) is 11.5. The first kappa shape index (κ1) is 22.5. The lowest BCUT2D eigenvalue weighted by Gasteiger charge is -2.13. The Morgan fingerprint density at radius 2 is 1.79 bits per heavy atom. The first-order valence-corrected chi connectivity index (χ1v) is 10.2. The number of anilines is 1. The molecule has 1 amide bonds. The largest absolute Gasteiger partial charge is 0.495 e. The number of hydrogen-bond donors (Lipinski definition) is 1. The van der Waals surface area contributed by atoms with Gasteiger partial charge in [0.05, 0.1) is 36.8 Å². The summed E-state index contributed by atoms with van der Waals surface area (Å²) in [4.78, 5) is 17.6. The van der Waals surface area contributed by atoms with Crippen LogP contribution >= 0.6 is 11.6 Å². The average molecular weight is 473 g/mol. The number of rotatable bonds is 6. The molecule has 2 aromatic heterocycles. The molecule has 2 heterocycles. The fourth-order valence-corrected chi connectivity index (χ4v) is 3.55. The molecule has 4 aromatic rings. The molecule has 33 heavy (non-hydrogen) atoms. The number of ether oxygens (including phenoxy) is 2. The van der Waals surface area contributed by atoms with Gasteiger partial charge in [0.2, 0.25) is 0 Å². The highest BCUT2D eigenvalue weighted by atomic mass is 35.5. The van der Waals surface area contributed by atoms with E-state index in [1.54, 1.807) is 12.1 Å². The van der Waals surface area contributed by atoms with Gasteiger partial charge in [-0.05, 0) is 13.0 Å². The highest BCUT2D eigenvalue weighted by Crippen LogP contribution is 2.36. The van der Waals surface area contributed by atoms with E-state index < -0.39 is 12.3 Å². The van der Waals surface area contributed by atoms with Crippen LogP contribution in [0.4, 0.5) is 14.5 Å². The number of benzene rings is 2. The van der Waals surface area contributed by atoms with E-state index in [1.165, 1.54) is 38.6 Å². The Hall–Kier alpha value is -3.72. The third-order valence-corrected chi connectivity index (χ3v) is 5.33. The van der Waals surface area contributed by atoms with Gasteiger partial charge in [0, 0.05) is 17.7 Å². The van der Waals surface area contributed by atoms with Gasteiger partial charge < -0.3 is 14.8 Å². The lowest BCUT2D eigenvalue weighted by atomic mass is 10.1. The molecule has 0 radical (unpaired) electrons. The highest BCUT2D eigenvalue weighted by molar-refractivity contribution is 6.32. The van der Waals surface area contributed by atoms with Crippen LogP contribution in [-0.2, 0) is 0 Å². The molecule has 4 rings (SSSR count). The van der Waals surface area contributed by atoms with Gasteiger partial charge in [0.25, 0.3) is 12.3 Å². The molecular formula is C23H19ClF2N4O3. The third kappa shape index (κ3) is 4.31. The molecule has 0 saturated heterocycles. The lowest BCUT2D eigenvalue weighted by molar-refractivity contribution is 0.102. The molecule has 0 fully saturated rings. The maximum atomic E-state index is 13.8. The van der Waals surface area contributed by atoms with Gasteiger partial charge in [-0.25, -0.2) is 18.3 Å². The molecule has 0 aliphatic rings. The Kier molecular flexibility index (Phi) is 6.15. The molecule has 7 nitrogen and oxygen atoms in total. The molecular weight excluding hydrogens is 454 g/mol. The third-order valence-electron chi connectivity index (χ3n) is 5.04. The van der Waals surface area contributed by atoms with Crippen molar-refractivity contribution in [1.82, 2.24) is 14.6 Å². The number of carbonyl (C=O) groups excluding carboxylic acids is 1. The molecule has 10 heteroatoms. The van der Waals surface area contributed by atoms with Crippen molar-refractivity contribution in [3.05, 3.63) is 70.5 Å². The zero-order valence-corrected chi connectivity index (χ0v) is 18.7. The number of aryl methyl sites for hydroxylation is 1. The number of halogens is 3. The molecule has 2 aromatic carbocycles. The second kappa shape index (κ2) is 9.03. The number of amides is 1. The molecule has 0 bridgehead atoms. The predicted octanol–water partition coefficient (Wildman–Crippen LogP) is 5.57. The zero-order chi connectivity index (χ0) is 23.7. The van der Waals surface area contributed by atoms with Crippen molar-refractivity contribution >= 4 is 28.8 Å². The van der Waals surface area contributed by atoms with Crippen LogP contribution in [0.25, 0.3) is 16.9 Å². The molecule has 0 atom stereocenters. The Balaban J connectivity index is 1.80. The summed E-state index contributed by atoms with van der Waals surface area (Å²) in [6.45, 7) is 1.92. The molecule has 170 valence electrons. The first-order chi connectivity index (χ1) is 15.8. The molecule has 0 spiro atoms. The van der Waals surface area contributed by atoms with E-state index in [1.807, 2.05) is 19.1 Å². The maximum absolute atomic E-state index is 13.8. The molecule has 0 saturated carbocycles. The molecule has 0 aliphatic heterocycles. The fraction of sp³-hybridized carbons (Fsp3) is 0.174. The van der Waals surface area contributed by atoms with E-state index in [2.05, 4.69) is 15.4 Å². The van der Waals surface area contributed by atoms with E-state index in [0.29, 0.717) is 27.8 Å². The Bertz CT molecular complexity index is 1340. The van der Waals surface area contributed by atoms with Crippen molar-refractivity contribution < 1.29 is 23.0 Å². The SMILES string of the molecule is COc1cc(NC(=O)c2cnn3c(C(F)F)cc(-c4ccc(C)cc4)nc23)c(OC)cc1Cl. The highest BCUT2D eigenvalue weighted by Gasteiger charge is 2.23. The van der Waals surface area contributed by atoms with Gasteiger partial charge in [-0.3, -0.25) is 4.79 Å². The van der Waals surface area contributed by atoms with Gasteiger partial charge in [0.1, 0.15) is 22.8 Å². The molecule has 0 unspecified atom stereocenters. The number of fused-ring (bicyclic) bond motifs is 1. The van der Waals surface area contributed by atoms with Crippen molar-refractivity contribution in [3.8, 4) is 22.8 Å². The van der Waals surface area contributed by atoms with Crippen LogP contribution in [0.3, 0.4) is 0 Å². The number of methoxy groups -OCH3 is 2. The second-order valence-electron chi connectivity index (χ2n) is 7.17. The summed E-state index contributed by atoms with van der Waals surface area (Å²) in [6.07, 6.45) is -1.63. The van der Waals surface area contributed by atoms with Crippen molar-refractivity contribution in [1.29, 1.82) is 0 Å².